The van der Waals surface area contributed by atoms with Gasteiger partial charge < -0.3 is 5.11 Å². The summed E-state index contributed by atoms with van der Waals surface area (Å²) < 4.78 is 65.9. The molecule has 0 saturated carbocycles. The number of carbonyl (C=O) groups excluding carboxylic acids is 4. The van der Waals surface area contributed by atoms with Gasteiger partial charge in [0.25, 0.3) is 0 Å². The molecule has 84 heavy (non-hydrogen) atoms. The third kappa shape index (κ3) is 16.2. The second-order valence-electron chi connectivity index (χ2n) is 19.6. The Balaban J connectivity index is 0.000000184. The van der Waals surface area contributed by atoms with Crippen LogP contribution in [0.15, 0.2) is 212 Å². The topological polar surface area (TPSA) is 88.5 Å². The number of aliphatic hydroxyl groups is 1. The number of benzene rings is 10. The normalized spacial score (nSPS) is 10.9. The summed E-state index contributed by atoms with van der Waals surface area (Å²) >= 11 is 11.7. The van der Waals surface area contributed by atoms with Crippen molar-refractivity contribution in [1.29, 1.82) is 0 Å². The van der Waals surface area contributed by atoms with Gasteiger partial charge in [0.05, 0.1) is 5.02 Å². The van der Waals surface area contributed by atoms with E-state index in [0.29, 0.717) is 76.8 Å². The predicted octanol–water partition coefficient (Wildman–Crippen LogP) is 18.6. The van der Waals surface area contributed by atoms with Crippen LogP contribution in [-0.2, 0) is 0 Å². The molecule has 10 aromatic rings. The van der Waals surface area contributed by atoms with Crippen LogP contribution in [0.4, 0.5) is 22.0 Å². The maximum Gasteiger partial charge on any atom is 0.194 e. The molecule has 1 N–H and O–H groups in total. The fraction of sp³-hybridized carbons (Fsp3) is 0.0986. The minimum Gasteiger partial charge on any atom is -0.384 e. The van der Waals surface area contributed by atoms with Crippen molar-refractivity contribution in [2.75, 3.05) is 13.3 Å². The molecule has 0 fully saturated rings. The lowest BCUT2D eigenvalue weighted by atomic mass is 9.89. The van der Waals surface area contributed by atoms with Gasteiger partial charge in [0.2, 0.25) is 0 Å². The largest absolute Gasteiger partial charge is 0.384 e. The molecule has 0 aromatic heterocycles. The van der Waals surface area contributed by atoms with Crippen molar-refractivity contribution in [3.05, 3.63) is 329 Å². The second kappa shape index (κ2) is 29.2. The van der Waals surface area contributed by atoms with E-state index in [2.05, 4.69) is 13.3 Å². The van der Waals surface area contributed by atoms with Gasteiger partial charge in [-0.2, -0.15) is 0 Å². The summed E-state index contributed by atoms with van der Waals surface area (Å²) in [5.41, 5.74) is 11.0. The highest BCUT2D eigenvalue weighted by atomic mass is 35.5. The molecular weight excluding hydrogens is 1130 g/mol. The van der Waals surface area contributed by atoms with Gasteiger partial charge in [-0.3, -0.25) is 19.2 Å². The number of carbonyl (C=O) groups is 4. The average molecular weight is 1190 g/mol. The molecule has 0 aliphatic heterocycles. The monoisotopic (exact) mass is 1180 g/mol. The van der Waals surface area contributed by atoms with Crippen LogP contribution in [0, 0.1) is 56.8 Å². The quantitative estimate of drug-likeness (QED) is 0.0748. The van der Waals surface area contributed by atoms with Crippen molar-refractivity contribution < 1.29 is 46.2 Å². The van der Waals surface area contributed by atoms with Gasteiger partial charge >= 0.3 is 0 Å². The molecular formula is C71H56Cl2F5O5P. The van der Waals surface area contributed by atoms with Gasteiger partial charge in [-0.1, -0.05) is 95.0 Å². The molecule has 0 heterocycles. The first-order valence-corrected chi connectivity index (χ1v) is 29.0. The van der Waals surface area contributed by atoms with Crippen LogP contribution in [-0.4, -0.2) is 41.6 Å². The number of halogens is 7. The van der Waals surface area contributed by atoms with Crippen LogP contribution in [0.3, 0.4) is 0 Å². The molecule has 0 aliphatic carbocycles. The molecule has 10 aromatic carbocycles. The van der Waals surface area contributed by atoms with E-state index in [1.54, 1.807) is 36.4 Å². The molecule has 5 nitrogen and oxygen atoms in total. The van der Waals surface area contributed by atoms with Crippen LogP contribution in [0.25, 0.3) is 22.3 Å². The lowest BCUT2D eigenvalue weighted by Gasteiger charge is -2.17. The van der Waals surface area contributed by atoms with Gasteiger partial charge in [0.1, 0.15) is 35.2 Å². The van der Waals surface area contributed by atoms with E-state index in [-0.39, 0.29) is 29.0 Å². The van der Waals surface area contributed by atoms with E-state index in [4.69, 9.17) is 23.2 Å². The Bertz CT molecular complexity index is 3980. The van der Waals surface area contributed by atoms with Crippen molar-refractivity contribution in [1.82, 2.24) is 0 Å². The van der Waals surface area contributed by atoms with Crippen LogP contribution in [0.1, 0.15) is 103 Å². The molecule has 0 radical (unpaired) electrons. The van der Waals surface area contributed by atoms with Gasteiger partial charge in [0.15, 0.2) is 23.1 Å². The maximum atomic E-state index is 13.3. The predicted molar refractivity (Wildman–Crippen MR) is 329 cm³/mol. The molecule has 0 saturated heterocycles. The fourth-order valence-corrected chi connectivity index (χ4v) is 9.23. The zero-order valence-corrected chi connectivity index (χ0v) is 49.0. The molecule has 0 aliphatic rings. The number of rotatable bonds is 12. The Hall–Kier alpha value is -8.50. The van der Waals surface area contributed by atoms with Crippen molar-refractivity contribution in [2.24, 2.45) is 0 Å². The number of aliphatic hydroxyl groups excluding tert-OH is 1. The van der Waals surface area contributed by atoms with Crippen LogP contribution in [0.2, 0.25) is 10.0 Å². The van der Waals surface area contributed by atoms with Gasteiger partial charge in [-0.05, 0) is 237 Å². The molecule has 0 spiro atoms. The van der Waals surface area contributed by atoms with E-state index in [0.717, 1.165) is 42.0 Å². The highest BCUT2D eigenvalue weighted by Gasteiger charge is 2.21. The van der Waals surface area contributed by atoms with Crippen molar-refractivity contribution in [3.8, 4) is 22.3 Å². The molecule has 0 amide bonds. The Morgan fingerprint density at radius 2 is 0.726 bits per heavy atom. The first kappa shape index (κ1) is 63.1. The lowest BCUT2D eigenvalue weighted by Crippen LogP contribution is -2.06. The molecule has 0 bridgehead atoms. The van der Waals surface area contributed by atoms with Gasteiger partial charge in [-0.15, -0.1) is 8.58 Å². The summed E-state index contributed by atoms with van der Waals surface area (Å²) in [5, 5.41) is 11.7. The van der Waals surface area contributed by atoms with E-state index >= 15 is 0 Å². The van der Waals surface area contributed by atoms with Gasteiger partial charge in [0, 0.05) is 49.5 Å². The third-order valence-electron chi connectivity index (χ3n) is 13.3. The summed E-state index contributed by atoms with van der Waals surface area (Å²) in [7, 11) is 1.08. The van der Waals surface area contributed by atoms with E-state index in [1.807, 2.05) is 88.4 Å². The van der Waals surface area contributed by atoms with Gasteiger partial charge in [-0.25, -0.2) is 22.0 Å². The van der Waals surface area contributed by atoms with Crippen LogP contribution < -0.4 is 0 Å². The minimum absolute atomic E-state index is 0.204. The van der Waals surface area contributed by atoms with Crippen molar-refractivity contribution in [3.63, 3.8) is 0 Å². The highest BCUT2D eigenvalue weighted by Crippen LogP contribution is 2.34. The Kier molecular flexibility index (Phi) is 21.9. The Morgan fingerprint density at radius 3 is 1.13 bits per heavy atom. The summed E-state index contributed by atoms with van der Waals surface area (Å²) in [6, 6.07) is 54.3. The molecule has 1 atom stereocenters. The van der Waals surface area contributed by atoms with Crippen LogP contribution >= 0.6 is 31.8 Å². The fourth-order valence-electron chi connectivity index (χ4n) is 8.86. The lowest BCUT2D eigenvalue weighted by molar-refractivity contribution is 0.103. The summed E-state index contributed by atoms with van der Waals surface area (Å²) in [4.78, 5) is 51.6. The summed E-state index contributed by atoms with van der Waals surface area (Å²) in [6.45, 7) is 11.8. The minimum atomic E-state index is -0.933. The average Bonchev–Trinajstić information content (AvgIpc) is 3.69. The zero-order valence-electron chi connectivity index (χ0n) is 46.5. The Morgan fingerprint density at radius 1 is 0.381 bits per heavy atom. The van der Waals surface area contributed by atoms with Crippen molar-refractivity contribution in [2.45, 2.75) is 33.8 Å². The SMILES string of the molecule is CPC.Cc1ccc(-c2ccc(C)c(C(=O)c3ccc(F)cc3)c2)c(C(=O)c2ccc(F)cc2)c1.Cc1ccc(-c2ccc(C)c(C(O)c3ccc(F)cc3)c2)c(C(=O)c2ccc(F)cc2)c1.O=C(c1ccc(F)cc1)c1cc(Cl)ccc1Cl. The van der Waals surface area contributed by atoms with Crippen LogP contribution in [0.5, 0.6) is 0 Å². The Labute approximate surface area is 497 Å². The number of hydrogen-bond donors (Lipinski definition) is 1. The number of aryl methyl sites for hydroxylation is 4. The standard InChI is InChI=1S/C28H22F2O2.C28H20F2O2.C13H7Cl2FO.C2H7P/c2*1-17-3-14-24(26(15-17)28(32)20-8-12-23(30)13-9-20)21-5-4-18(2)25(16-21)27(31)19-6-10-22(29)11-7-19;14-9-3-6-12(15)11(7-9)13(17)8-1-4-10(16)5-2-8;1-3-2/h3-16,27,31H,1-2H3;3-16H,1-2H3;1-7H;3H,1-2H3. The summed E-state index contributed by atoms with van der Waals surface area (Å²) in [6.07, 6.45) is -0.933. The van der Waals surface area contributed by atoms with E-state index in [9.17, 15) is 46.2 Å². The van der Waals surface area contributed by atoms with E-state index in [1.165, 1.54) is 115 Å². The molecule has 424 valence electrons. The highest BCUT2D eigenvalue weighted by molar-refractivity contribution is 7.35. The zero-order chi connectivity index (χ0) is 60.8. The molecule has 1 unspecified atom stereocenters. The first-order valence-electron chi connectivity index (χ1n) is 26.3. The second-order valence-corrected chi connectivity index (χ2v) is 21.5. The summed E-state index contributed by atoms with van der Waals surface area (Å²) in [5.74, 6) is -2.90. The smallest absolute Gasteiger partial charge is 0.194 e. The third-order valence-corrected chi connectivity index (χ3v) is 13.9. The van der Waals surface area contributed by atoms with E-state index < -0.39 is 29.4 Å². The first-order chi connectivity index (χ1) is 40.1. The number of ketones is 4. The van der Waals surface area contributed by atoms with Crippen molar-refractivity contribution >= 4 is 54.9 Å². The maximum absolute atomic E-state index is 13.3. The number of hydrogen-bond acceptors (Lipinski definition) is 5. The molecule has 10 rings (SSSR count). The molecule has 13 heteroatoms.